The van der Waals surface area contributed by atoms with Crippen LogP contribution in [0.4, 0.5) is 15.8 Å². The Balaban J connectivity index is 2.43. The highest BCUT2D eigenvalue weighted by atomic mass is 79.9. The van der Waals surface area contributed by atoms with Gasteiger partial charge in [0.05, 0.1) is 10.6 Å². The number of rotatable bonds is 4. The number of nitrogens with one attached hydrogen (secondary N) is 1. The summed E-state index contributed by atoms with van der Waals surface area (Å²) in [5.74, 6) is -1.04. The molecule has 0 amide bonds. The molecule has 0 atom stereocenters. The fourth-order valence-corrected chi connectivity index (χ4v) is 4.16. The first-order valence-electron chi connectivity index (χ1n) is 5.62. The Kier molecular flexibility index (Phi) is 4.83. The van der Waals surface area contributed by atoms with Gasteiger partial charge in [-0.3, -0.25) is 14.8 Å². The Morgan fingerprint density at radius 1 is 1.14 bits per heavy atom. The third-order valence-corrected chi connectivity index (χ3v) is 5.45. The zero-order valence-corrected chi connectivity index (χ0v) is 14.6. The van der Waals surface area contributed by atoms with Crippen molar-refractivity contribution in [3.63, 3.8) is 0 Å². The number of halogens is 3. The lowest BCUT2D eigenvalue weighted by molar-refractivity contribution is -0.387. The molecule has 0 aliphatic heterocycles. The van der Waals surface area contributed by atoms with E-state index in [0.29, 0.717) is 8.95 Å². The molecule has 2 rings (SSSR count). The van der Waals surface area contributed by atoms with Crippen molar-refractivity contribution in [2.75, 3.05) is 4.72 Å². The molecule has 0 aliphatic rings. The molecule has 0 bridgehead atoms. The van der Waals surface area contributed by atoms with Crippen molar-refractivity contribution in [1.29, 1.82) is 0 Å². The summed E-state index contributed by atoms with van der Waals surface area (Å²) < 4.78 is 40.9. The van der Waals surface area contributed by atoms with Crippen LogP contribution in [-0.4, -0.2) is 13.3 Å². The van der Waals surface area contributed by atoms with E-state index >= 15 is 0 Å². The Hall–Kier alpha value is -1.52. The summed E-state index contributed by atoms with van der Waals surface area (Å²) >= 11 is 6.28. The van der Waals surface area contributed by atoms with Crippen molar-refractivity contribution >= 4 is 53.3 Å². The lowest BCUT2D eigenvalue weighted by Gasteiger charge is -2.10. The van der Waals surface area contributed by atoms with Crippen LogP contribution >= 0.6 is 31.9 Å². The molecule has 0 unspecified atom stereocenters. The van der Waals surface area contributed by atoms with Crippen LogP contribution in [0.5, 0.6) is 0 Å². The van der Waals surface area contributed by atoms with E-state index in [1.165, 1.54) is 12.1 Å². The summed E-state index contributed by atoms with van der Waals surface area (Å²) in [7, 11) is -3.99. The van der Waals surface area contributed by atoms with Gasteiger partial charge >= 0.3 is 5.69 Å². The fourth-order valence-electron chi connectivity index (χ4n) is 1.61. The predicted octanol–water partition coefficient (Wildman–Crippen LogP) is 4.06. The summed E-state index contributed by atoms with van der Waals surface area (Å²) in [6.45, 7) is 0. The predicted molar refractivity (Wildman–Crippen MR) is 85.7 cm³/mol. The van der Waals surface area contributed by atoms with Gasteiger partial charge in [0, 0.05) is 15.0 Å². The third-order valence-electron chi connectivity index (χ3n) is 2.58. The number of nitro groups is 1. The topological polar surface area (TPSA) is 89.3 Å². The van der Waals surface area contributed by atoms with Crippen LogP contribution < -0.4 is 4.72 Å². The van der Waals surface area contributed by atoms with Gasteiger partial charge in [-0.25, -0.2) is 8.42 Å². The van der Waals surface area contributed by atoms with Crippen LogP contribution in [-0.2, 0) is 10.0 Å². The molecular weight excluding hydrogens is 447 g/mol. The fraction of sp³-hybridized carbons (Fsp3) is 0. The minimum absolute atomic E-state index is 0.0612. The minimum atomic E-state index is -3.99. The Labute approximate surface area is 141 Å². The van der Waals surface area contributed by atoms with Gasteiger partial charge in [-0.05, 0) is 46.3 Å². The van der Waals surface area contributed by atoms with E-state index in [1.807, 2.05) is 0 Å². The van der Waals surface area contributed by atoms with E-state index in [0.717, 1.165) is 18.2 Å². The standard InChI is InChI=1S/C12H7Br2FN2O4S/c13-7-1-3-9(14)12(5-7)22(20,21)16-8-2-4-10(15)11(6-8)17(18)19/h1-6,16H. The van der Waals surface area contributed by atoms with Crippen molar-refractivity contribution in [3.8, 4) is 0 Å². The number of nitro benzene ring substituents is 1. The second-order valence-corrected chi connectivity index (χ2v) is 7.52. The van der Waals surface area contributed by atoms with Gasteiger partial charge in [0.1, 0.15) is 4.90 Å². The first kappa shape index (κ1) is 16.8. The number of anilines is 1. The maximum Gasteiger partial charge on any atom is 0.306 e. The average molecular weight is 454 g/mol. The number of nitrogens with zero attached hydrogens (tertiary/aromatic N) is 1. The van der Waals surface area contributed by atoms with Crippen LogP contribution in [0.25, 0.3) is 0 Å². The molecule has 0 fully saturated rings. The summed E-state index contributed by atoms with van der Waals surface area (Å²) in [6, 6.07) is 7.29. The van der Waals surface area contributed by atoms with Crippen LogP contribution in [0, 0.1) is 15.9 Å². The second kappa shape index (κ2) is 6.31. The smallest absolute Gasteiger partial charge is 0.279 e. The molecule has 0 radical (unpaired) electrons. The van der Waals surface area contributed by atoms with Crippen LogP contribution in [0.3, 0.4) is 0 Å². The summed E-state index contributed by atoms with van der Waals surface area (Å²) in [6.07, 6.45) is 0. The molecule has 0 spiro atoms. The molecule has 0 heterocycles. The Morgan fingerprint density at radius 2 is 1.82 bits per heavy atom. The number of sulfonamides is 1. The molecule has 10 heteroatoms. The molecule has 22 heavy (non-hydrogen) atoms. The van der Waals surface area contributed by atoms with Gasteiger partial charge in [-0.2, -0.15) is 4.39 Å². The number of hydrogen-bond donors (Lipinski definition) is 1. The lowest BCUT2D eigenvalue weighted by atomic mass is 10.3. The summed E-state index contributed by atoms with van der Waals surface area (Å²) in [4.78, 5) is 9.69. The van der Waals surface area contributed by atoms with E-state index < -0.39 is 26.5 Å². The van der Waals surface area contributed by atoms with Crippen molar-refractivity contribution < 1.29 is 17.7 Å². The zero-order chi connectivity index (χ0) is 16.5. The van der Waals surface area contributed by atoms with Crippen molar-refractivity contribution in [3.05, 3.63) is 61.3 Å². The summed E-state index contributed by atoms with van der Waals surface area (Å²) in [5.41, 5.74) is -0.923. The van der Waals surface area contributed by atoms with Gasteiger partial charge in [0.25, 0.3) is 10.0 Å². The molecule has 2 aromatic carbocycles. The van der Waals surface area contributed by atoms with E-state index in [9.17, 15) is 22.9 Å². The van der Waals surface area contributed by atoms with Gasteiger partial charge in [-0.1, -0.05) is 15.9 Å². The highest BCUT2D eigenvalue weighted by Gasteiger charge is 2.21. The molecule has 0 saturated heterocycles. The lowest BCUT2D eigenvalue weighted by Crippen LogP contribution is -2.14. The van der Waals surface area contributed by atoms with Crippen molar-refractivity contribution in [2.24, 2.45) is 0 Å². The Morgan fingerprint density at radius 3 is 2.45 bits per heavy atom. The van der Waals surface area contributed by atoms with E-state index in [-0.39, 0.29) is 10.6 Å². The number of hydrogen-bond acceptors (Lipinski definition) is 4. The maximum atomic E-state index is 13.3. The first-order valence-corrected chi connectivity index (χ1v) is 8.69. The van der Waals surface area contributed by atoms with Crippen LogP contribution in [0.15, 0.2) is 50.2 Å². The summed E-state index contributed by atoms with van der Waals surface area (Å²) in [5, 5.41) is 10.7. The second-order valence-electron chi connectivity index (χ2n) is 4.10. The Bertz CT molecular complexity index is 858. The van der Waals surface area contributed by atoms with E-state index in [1.54, 1.807) is 6.07 Å². The van der Waals surface area contributed by atoms with Crippen molar-refractivity contribution in [2.45, 2.75) is 4.90 Å². The van der Waals surface area contributed by atoms with E-state index in [4.69, 9.17) is 0 Å². The molecule has 0 aliphatic carbocycles. The minimum Gasteiger partial charge on any atom is -0.279 e. The highest BCUT2D eigenvalue weighted by molar-refractivity contribution is 9.11. The normalized spacial score (nSPS) is 11.2. The monoisotopic (exact) mass is 452 g/mol. The average Bonchev–Trinajstić information content (AvgIpc) is 2.43. The maximum absolute atomic E-state index is 13.3. The first-order chi connectivity index (χ1) is 10.2. The third kappa shape index (κ3) is 3.62. The van der Waals surface area contributed by atoms with Crippen LogP contribution in [0.2, 0.25) is 0 Å². The molecule has 0 saturated carbocycles. The largest absolute Gasteiger partial charge is 0.306 e. The van der Waals surface area contributed by atoms with Gasteiger partial charge in [0.2, 0.25) is 5.82 Å². The molecule has 116 valence electrons. The van der Waals surface area contributed by atoms with E-state index in [2.05, 4.69) is 36.6 Å². The van der Waals surface area contributed by atoms with Gasteiger partial charge in [-0.15, -0.1) is 0 Å². The molecule has 1 N–H and O–H groups in total. The van der Waals surface area contributed by atoms with Gasteiger partial charge < -0.3 is 0 Å². The molecule has 2 aromatic rings. The highest BCUT2D eigenvalue weighted by Crippen LogP contribution is 2.29. The molecular formula is C12H7Br2FN2O4S. The molecule has 0 aromatic heterocycles. The van der Waals surface area contributed by atoms with Crippen LogP contribution in [0.1, 0.15) is 0 Å². The SMILES string of the molecule is O=[N+]([O-])c1cc(NS(=O)(=O)c2cc(Br)ccc2Br)ccc1F. The van der Waals surface area contributed by atoms with Crippen molar-refractivity contribution in [1.82, 2.24) is 0 Å². The number of benzene rings is 2. The molecule has 6 nitrogen and oxygen atoms in total. The van der Waals surface area contributed by atoms with Gasteiger partial charge in [0.15, 0.2) is 0 Å². The zero-order valence-electron chi connectivity index (χ0n) is 10.6. The quantitative estimate of drug-likeness (QED) is 0.558.